The third-order valence-electron chi connectivity index (χ3n) is 5.00. The Bertz CT molecular complexity index is 607. The molecule has 1 N–H and O–H groups in total. The summed E-state index contributed by atoms with van der Waals surface area (Å²) in [5.74, 6) is -2.37. The summed E-state index contributed by atoms with van der Waals surface area (Å²) in [6, 6.07) is 0. The highest BCUT2D eigenvalue weighted by Gasteiger charge is 2.72. The van der Waals surface area contributed by atoms with Gasteiger partial charge in [-0.15, -0.1) is 0 Å². The number of hydrogen-bond donors (Lipinski definition) is 1. The molecule has 0 aromatic rings. The minimum Gasteiger partial charge on any atom is -0.471 e. The maximum Gasteiger partial charge on any atom is 0.337 e. The molecule has 0 radical (unpaired) electrons. The first-order valence-corrected chi connectivity index (χ1v) is 7.19. The molecular weight excluding hydrogens is 292 g/mol. The molecule has 2 fully saturated rings. The van der Waals surface area contributed by atoms with Gasteiger partial charge in [-0.05, 0) is 13.0 Å². The van der Waals surface area contributed by atoms with Gasteiger partial charge in [-0.3, -0.25) is 4.79 Å². The molecule has 0 saturated carbocycles. The van der Waals surface area contributed by atoms with E-state index in [1.165, 1.54) is 20.3 Å². The summed E-state index contributed by atoms with van der Waals surface area (Å²) in [7, 11) is 1.30. The third-order valence-corrected chi connectivity index (χ3v) is 5.00. The maximum absolute atomic E-state index is 12.1. The van der Waals surface area contributed by atoms with Crippen LogP contribution in [0.2, 0.25) is 0 Å². The van der Waals surface area contributed by atoms with Crippen molar-refractivity contribution < 1.29 is 33.6 Å². The summed E-state index contributed by atoms with van der Waals surface area (Å²) in [6.45, 7) is 1.53. The van der Waals surface area contributed by atoms with E-state index in [9.17, 15) is 14.7 Å². The molecule has 4 rings (SSSR count). The van der Waals surface area contributed by atoms with E-state index in [2.05, 4.69) is 0 Å². The molecule has 1 spiro atoms. The molecule has 22 heavy (non-hydrogen) atoms. The van der Waals surface area contributed by atoms with Crippen molar-refractivity contribution >= 4 is 11.9 Å². The highest BCUT2D eigenvalue weighted by Crippen LogP contribution is 2.58. The van der Waals surface area contributed by atoms with Gasteiger partial charge in [-0.2, -0.15) is 0 Å². The molecule has 2 saturated heterocycles. The van der Waals surface area contributed by atoms with Crippen LogP contribution in [0.1, 0.15) is 6.92 Å². The first-order chi connectivity index (χ1) is 10.5. The lowest BCUT2D eigenvalue weighted by molar-refractivity contribution is -0.166. The molecule has 0 bridgehead atoms. The Labute approximate surface area is 126 Å². The van der Waals surface area contributed by atoms with Crippen LogP contribution in [-0.2, 0) is 28.5 Å². The van der Waals surface area contributed by atoms with Crippen LogP contribution in [0.5, 0.6) is 0 Å². The lowest BCUT2D eigenvalue weighted by Crippen LogP contribution is -2.44. The molecule has 0 aromatic carbocycles. The van der Waals surface area contributed by atoms with E-state index in [1.807, 2.05) is 6.08 Å². The van der Waals surface area contributed by atoms with Crippen molar-refractivity contribution in [2.45, 2.75) is 31.0 Å². The number of allylic oxidation sites excluding steroid dienone is 1. The Kier molecular flexibility index (Phi) is 2.71. The first kappa shape index (κ1) is 13.8. The zero-order chi connectivity index (χ0) is 15.6. The topological polar surface area (TPSA) is 91.3 Å². The number of hydrogen-bond acceptors (Lipinski definition) is 7. The Morgan fingerprint density at radius 1 is 1.50 bits per heavy atom. The van der Waals surface area contributed by atoms with E-state index in [0.717, 1.165) is 0 Å². The molecule has 1 aliphatic carbocycles. The molecule has 0 unspecified atom stereocenters. The van der Waals surface area contributed by atoms with Gasteiger partial charge in [0.15, 0.2) is 5.60 Å². The second kappa shape index (κ2) is 4.33. The fourth-order valence-electron chi connectivity index (χ4n) is 4.04. The summed E-state index contributed by atoms with van der Waals surface area (Å²) in [4.78, 5) is 24.0. The Morgan fingerprint density at radius 3 is 2.95 bits per heavy atom. The number of ether oxygens (including phenoxy) is 4. The highest BCUT2D eigenvalue weighted by molar-refractivity contribution is 5.90. The Morgan fingerprint density at radius 2 is 2.27 bits per heavy atom. The van der Waals surface area contributed by atoms with Crippen molar-refractivity contribution in [2.75, 3.05) is 7.11 Å². The molecule has 3 heterocycles. The van der Waals surface area contributed by atoms with E-state index in [4.69, 9.17) is 18.9 Å². The van der Waals surface area contributed by atoms with Gasteiger partial charge in [0.2, 0.25) is 6.29 Å². The standard InChI is InChI=1S/C15H16O7/c1-6(16)9-11-15(22-13(9)18)4-3-7-8(12(17)19-2)5-20-14(21-11)10(7)15/h3-7,9-11,14,16H,1-2H3/t6-,7+,9-,10-,11+,14+,15-/m0/s1. The van der Waals surface area contributed by atoms with Gasteiger partial charge in [0.25, 0.3) is 0 Å². The van der Waals surface area contributed by atoms with Crippen molar-refractivity contribution in [1.82, 2.24) is 0 Å². The monoisotopic (exact) mass is 308 g/mol. The normalized spacial score (nSPS) is 45.5. The summed E-state index contributed by atoms with van der Waals surface area (Å²) >= 11 is 0. The lowest BCUT2D eigenvalue weighted by atomic mass is 9.77. The molecular formula is C15H16O7. The SMILES string of the molecule is COC(=O)C1=CO[C@@H]2O[C@@H]3[C@H]([C@H](C)O)C(=O)O[C@]34C=C[C@H]1[C@@H]24. The molecule has 0 amide bonds. The molecule has 7 nitrogen and oxygen atoms in total. The number of methoxy groups -OCH3 is 1. The zero-order valence-electron chi connectivity index (χ0n) is 12.1. The van der Waals surface area contributed by atoms with Crippen LogP contribution in [0.15, 0.2) is 24.0 Å². The van der Waals surface area contributed by atoms with Crippen molar-refractivity contribution in [3.05, 3.63) is 24.0 Å². The van der Waals surface area contributed by atoms with Gasteiger partial charge >= 0.3 is 11.9 Å². The van der Waals surface area contributed by atoms with Gasteiger partial charge in [-0.25, -0.2) is 4.79 Å². The van der Waals surface area contributed by atoms with Crippen LogP contribution in [0.4, 0.5) is 0 Å². The third kappa shape index (κ3) is 1.47. The highest BCUT2D eigenvalue weighted by atomic mass is 16.7. The van der Waals surface area contributed by atoms with E-state index >= 15 is 0 Å². The van der Waals surface area contributed by atoms with E-state index in [-0.39, 0.29) is 11.8 Å². The van der Waals surface area contributed by atoms with E-state index in [1.54, 1.807) is 6.08 Å². The van der Waals surface area contributed by atoms with Crippen molar-refractivity contribution in [3.63, 3.8) is 0 Å². The van der Waals surface area contributed by atoms with Crippen LogP contribution >= 0.6 is 0 Å². The van der Waals surface area contributed by atoms with Gasteiger partial charge in [0.05, 0.1) is 31.0 Å². The summed E-state index contributed by atoms with van der Waals surface area (Å²) in [6.07, 6.45) is 2.81. The van der Waals surface area contributed by atoms with Crippen LogP contribution in [0, 0.1) is 17.8 Å². The van der Waals surface area contributed by atoms with Crippen LogP contribution < -0.4 is 0 Å². The smallest absolute Gasteiger partial charge is 0.337 e. The van der Waals surface area contributed by atoms with Gasteiger partial charge in [-0.1, -0.05) is 6.08 Å². The number of esters is 2. The minimum absolute atomic E-state index is 0.295. The van der Waals surface area contributed by atoms with E-state index in [0.29, 0.717) is 5.57 Å². The van der Waals surface area contributed by atoms with Crippen molar-refractivity contribution in [3.8, 4) is 0 Å². The molecule has 118 valence electrons. The van der Waals surface area contributed by atoms with Crippen LogP contribution in [0.3, 0.4) is 0 Å². The predicted octanol–water partition coefficient (Wildman–Crippen LogP) is -0.107. The molecule has 3 aliphatic heterocycles. The minimum atomic E-state index is -0.985. The average Bonchev–Trinajstić information content (AvgIpc) is 3.07. The molecule has 7 atom stereocenters. The fourth-order valence-corrected chi connectivity index (χ4v) is 4.04. The van der Waals surface area contributed by atoms with Gasteiger partial charge < -0.3 is 24.1 Å². The van der Waals surface area contributed by atoms with Crippen LogP contribution in [0.25, 0.3) is 0 Å². The van der Waals surface area contributed by atoms with Crippen molar-refractivity contribution in [1.29, 1.82) is 0 Å². The molecule has 7 heteroatoms. The molecule has 4 aliphatic rings. The average molecular weight is 308 g/mol. The second-order valence-electron chi connectivity index (χ2n) is 6.08. The van der Waals surface area contributed by atoms with Crippen LogP contribution in [-0.4, -0.2) is 48.3 Å². The quantitative estimate of drug-likeness (QED) is 0.562. The number of carbonyl (C=O) groups excluding carboxylic acids is 2. The van der Waals surface area contributed by atoms with E-state index < -0.39 is 42.0 Å². The second-order valence-corrected chi connectivity index (χ2v) is 6.08. The van der Waals surface area contributed by atoms with Crippen molar-refractivity contribution in [2.24, 2.45) is 17.8 Å². The fraction of sp³-hybridized carbons (Fsp3) is 0.600. The summed E-state index contributed by atoms with van der Waals surface area (Å²) in [5.41, 5.74) is -0.612. The Balaban J connectivity index is 1.74. The molecule has 0 aromatic heterocycles. The lowest BCUT2D eigenvalue weighted by Gasteiger charge is -2.32. The maximum atomic E-state index is 12.1. The van der Waals surface area contributed by atoms with Gasteiger partial charge in [0, 0.05) is 5.92 Å². The Hall–Kier alpha value is -1.86. The largest absolute Gasteiger partial charge is 0.471 e. The zero-order valence-corrected chi connectivity index (χ0v) is 12.1. The number of carbonyl (C=O) groups is 2. The summed E-state index contributed by atoms with van der Waals surface area (Å²) < 4.78 is 21.7. The predicted molar refractivity (Wildman–Crippen MR) is 70.0 cm³/mol. The van der Waals surface area contributed by atoms with Gasteiger partial charge in [0.1, 0.15) is 12.0 Å². The number of rotatable bonds is 2. The first-order valence-electron chi connectivity index (χ1n) is 7.19. The number of aliphatic hydroxyl groups is 1. The summed E-state index contributed by atoms with van der Waals surface area (Å²) in [5, 5.41) is 9.87. The number of aliphatic hydroxyl groups excluding tert-OH is 1.